The number of aryl methyl sites for hydroxylation is 1. The summed E-state index contributed by atoms with van der Waals surface area (Å²) in [6.07, 6.45) is 0. The Labute approximate surface area is 219 Å². The van der Waals surface area contributed by atoms with Crippen molar-refractivity contribution in [3.8, 4) is 11.5 Å². The van der Waals surface area contributed by atoms with E-state index in [2.05, 4.69) is 0 Å². The standard InChI is InChI=1S/C28H25Cl2NO5/c1-4-35-19-11-12-20(23(15-19)36-5-2)26(32)24-25(17-8-13-21(29)22(30)14-17)31(28(34)27(24)33)18-9-6-16(3)7-10-18/h6-15,25,32H,4-5H2,1-3H3/b26-24-. The maximum atomic E-state index is 13.4. The number of anilines is 1. The first-order chi connectivity index (χ1) is 17.3. The second-order valence-electron chi connectivity index (χ2n) is 8.20. The topological polar surface area (TPSA) is 76.1 Å². The Hall–Kier alpha value is -3.48. The van der Waals surface area contributed by atoms with Gasteiger partial charge in [-0.05, 0) is 62.7 Å². The molecule has 1 saturated heterocycles. The highest BCUT2D eigenvalue weighted by Gasteiger charge is 2.47. The third kappa shape index (κ3) is 4.79. The van der Waals surface area contributed by atoms with E-state index < -0.39 is 17.7 Å². The first-order valence-electron chi connectivity index (χ1n) is 11.5. The van der Waals surface area contributed by atoms with Gasteiger partial charge in [-0.15, -0.1) is 0 Å². The summed E-state index contributed by atoms with van der Waals surface area (Å²) in [7, 11) is 0. The number of aliphatic hydroxyl groups is 1. The average Bonchev–Trinajstić information content (AvgIpc) is 3.12. The van der Waals surface area contributed by atoms with Crippen molar-refractivity contribution in [3.63, 3.8) is 0 Å². The van der Waals surface area contributed by atoms with Crippen LogP contribution in [-0.4, -0.2) is 30.0 Å². The van der Waals surface area contributed by atoms with Crippen LogP contribution in [0, 0.1) is 6.92 Å². The maximum absolute atomic E-state index is 13.4. The monoisotopic (exact) mass is 525 g/mol. The highest BCUT2D eigenvalue weighted by Crippen LogP contribution is 2.44. The first-order valence-corrected chi connectivity index (χ1v) is 12.2. The number of rotatable bonds is 7. The van der Waals surface area contributed by atoms with Crippen molar-refractivity contribution in [3.05, 3.63) is 93.0 Å². The number of Topliss-reactive ketones (excluding diaryl/α,β-unsaturated/α-hetero) is 1. The molecule has 1 unspecified atom stereocenters. The molecule has 1 amide bonds. The number of aliphatic hydroxyl groups excluding tert-OH is 1. The summed E-state index contributed by atoms with van der Waals surface area (Å²) >= 11 is 12.4. The third-order valence-electron chi connectivity index (χ3n) is 5.84. The SMILES string of the molecule is CCOc1ccc(/C(O)=C2/C(=O)C(=O)N(c3ccc(C)cc3)C2c2ccc(Cl)c(Cl)c2)c(OCC)c1. The van der Waals surface area contributed by atoms with Gasteiger partial charge in [0.25, 0.3) is 11.7 Å². The molecule has 4 rings (SSSR count). The molecule has 3 aromatic carbocycles. The lowest BCUT2D eigenvalue weighted by molar-refractivity contribution is -0.132. The first kappa shape index (κ1) is 25.6. The smallest absolute Gasteiger partial charge is 0.300 e. The molecule has 0 saturated carbocycles. The number of nitrogens with zero attached hydrogens (tertiary/aromatic N) is 1. The fourth-order valence-corrected chi connectivity index (χ4v) is 4.48. The minimum absolute atomic E-state index is 0.0796. The van der Waals surface area contributed by atoms with Crippen LogP contribution in [0.25, 0.3) is 5.76 Å². The Morgan fingerprint density at radius 1 is 0.917 bits per heavy atom. The van der Waals surface area contributed by atoms with E-state index in [-0.39, 0.29) is 21.9 Å². The molecule has 1 heterocycles. The highest BCUT2D eigenvalue weighted by atomic mass is 35.5. The number of ether oxygens (including phenoxy) is 2. The molecule has 8 heteroatoms. The van der Waals surface area contributed by atoms with Gasteiger partial charge in [-0.25, -0.2) is 0 Å². The molecular weight excluding hydrogens is 501 g/mol. The van der Waals surface area contributed by atoms with Gasteiger partial charge in [0.2, 0.25) is 0 Å². The fraction of sp³-hybridized carbons (Fsp3) is 0.214. The summed E-state index contributed by atoms with van der Waals surface area (Å²) in [6, 6.07) is 16.1. The summed E-state index contributed by atoms with van der Waals surface area (Å²) in [4.78, 5) is 28.1. The molecule has 1 fully saturated rings. The lowest BCUT2D eigenvalue weighted by Gasteiger charge is -2.26. The second-order valence-corrected chi connectivity index (χ2v) is 9.02. The number of ketones is 1. The van der Waals surface area contributed by atoms with Crippen molar-refractivity contribution in [2.24, 2.45) is 0 Å². The average molecular weight is 526 g/mol. The van der Waals surface area contributed by atoms with Gasteiger partial charge in [0.05, 0.1) is 40.4 Å². The van der Waals surface area contributed by atoms with Crippen LogP contribution in [0.1, 0.15) is 36.6 Å². The van der Waals surface area contributed by atoms with E-state index in [1.54, 1.807) is 48.5 Å². The zero-order valence-electron chi connectivity index (χ0n) is 20.0. The zero-order valence-corrected chi connectivity index (χ0v) is 21.6. The largest absolute Gasteiger partial charge is 0.507 e. The van der Waals surface area contributed by atoms with Crippen molar-refractivity contribution >= 4 is 46.3 Å². The molecule has 1 aliphatic rings. The molecule has 1 N–H and O–H groups in total. The lowest BCUT2D eigenvalue weighted by Crippen LogP contribution is -2.29. The summed E-state index contributed by atoms with van der Waals surface area (Å²) in [5.74, 6) is -1.06. The molecule has 186 valence electrons. The zero-order chi connectivity index (χ0) is 26.0. The van der Waals surface area contributed by atoms with E-state index in [4.69, 9.17) is 32.7 Å². The number of hydrogen-bond donors (Lipinski definition) is 1. The van der Waals surface area contributed by atoms with Gasteiger partial charge in [0, 0.05) is 11.8 Å². The van der Waals surface area contributed by atoms with Crippen molar-refractivity contribution in [2.45, 2.75) is 26.8 Å². The molecule has 3 aromatic rings. The van der Waals surface area contributed by atoms with Crippen molar-refractivity contribution in [1.29, 1.82) is 0 Å². The number of carbonyl (C=O) groups is 2. The van der Waals surface area contributed by atoms with Gasteiger partial charge in [0.15, 0.2) is 0 Å². The third-order valence-corrected chi connectivity index (χ3v) is 6.57. The minimum atomic E-state index is -0.941. The van der Waals surface area contributed by atoms with Crippen LogP contribution in [0.3, 0.4) is 0 Å². The Morgan fingerprint density at radius 3 is 2.25 bits per heavy atom. The lowest BCUT2D eigenvalue weighted by atomic mass is 9.94. The quantitative estimate of drug-likeness (QED) is 0.210. The van der Waals surface area contributed by atoms with E-state index in [1.807, 2.05) is 32.9 Å². The van der Waals surface area contributed by atoms with E-state index >= 15 is 0 Å². The molecule has 1 atom stereocenters. The number of hydrogen-bond acceptors (Lipinski definition) is 5. The predicted molar refractivity (Wildman–Crippen MR) is 141 cm³/mol. The van der Waals surface area contributed by atoms with E-state index in [0.29, 0.717) is 41.0 Å². The Bertz CT molecular complexity index is 1350. The van der Waals surface area contributed by atoms with Gasteiger partial charge < -0.3 is 14.6 Å². The van der Waals surface area contributed by atoms with Crippen molar-refractivity contribution in [2.75, 3.05) is 18.1 Å². The molecule has 1 aliphatic heterocycles. The van der Waals surface area contributed by atoms with Crippen LogP contribution in [0.15, 0.2) is 66.2 Å². The van der Waals surface area contributed by atoms with E-state index in [9.17, 15) is 14.7 Å². The van der Waals surface area contributed by atoms with Crippen LogP contribution in [0.5, 0.6) is 11.5 Å². The van der Waals surface area contributed by atoms with Gasteiger partial charge in [0.1, 0.15) is 17.3 Å². The predicted octanol–water partition coefficient (Wildman–Crippen LogP) is 6.73. The summed E-state index contributed by atoms with van der Waals surface area (Å²) < 4.78 is 11.3. The van der Waals surface area contributed by atoms with Gasteiger partial charge in [-0.2, -0.15) is 0 Å². The van der Waals surface area contributed by atoms with Crippen LogP contribution in [0.2, 0.25) is 10.0 Å². The fourth-order valence-electron chi connectivity index (χ4n) is 4.18. The summed E-state index contributed by atoms with van der Waals surface area (Å²) in [5.41, 5.74) is 2.22. The van der Waals surface area contributed by atoms with Crippen LogP contribution >= 0.6 is 23.2 Å². The highest BCUT2D eigenvalue weighted by molar-refractivity contribution is 6.52. The number of amides is 1. The van der Waals surface area contributed by atoms with Crippen LogP contribution in [0.4, 0.5) is 5.69 Å². The summed E-state index contributed by atoms with van der Waals surface area (Å²) in [5, 5.41) is 12.1. The number of benzene rings is 3. The molecule has 0 spiro atoms. The summed E-state index contributed by atoms with van der Waals surface area (Å²) in [6.45, 7) is 6.37. The Morgan fingerprint density at radius 2 is 1.61 bits per heavy atom. The Balaban J connectivity index is 1.95. The number of halogens is 2. The molecule has 36 heavy (non-hydrogen) atoms. The molecule has 0 radical (unpaired) electrons. The molecule has 0 aromatic heterocycles. The van der Waals surface area contributed by atoms with Gasteiger partial charge in [-0.1, -0.05) is 47.0 Å². The van der Waals surface area contributed by atoms with Gasteiger partial charge in [-0.3, -0.25) is 14.5 Å². The van der Waals surface area contributed by atoms with E-state index in [1.165, 1.54) is 4.90 Å². The maximum Gasteiger partial charge on any atom is 0.300 e. The van der Waals surface area contributed by atoms with Crippen molar-refractivity contribution < 1.29 is 24.2 Å². The number of carbonyl (C=O) groups excluding carboxylic acids is 2. The molecule has 0 bridgehead atoms. The molecule has 0 aliphatic carbocycles. The second kappa shape index (κ2) is 10.6. The Kier molecular flexibility index (Phi) is 7.57. The normalized spacial score (nSPS) is 16.9. The van der Waals surface area contributed by atoms with Gasteiger partial charge >= 0.3 is 0 Å². The van der Waals surface area contributed by atoms with Crippen LogP contribution < -0.4 is 14.4 Å². The molecular formula is C28H25Cl2NO5. The minimum Gasteiger partial charge on any atom is -0.507 e. The van der Waals surface area contributed by atoms with E-state index in [0.717, 1.165) is 5.56 Å². The molecule has 6 nitrogen and oxygen atoms in total. The van der Waals surface area contributed by atoms with Crippen LogP contribution in [-0.2, 0) is 9.59 Å². The van der Waals surface area contributed by atoms with Crippen molar-refractivity contribution in [1.82, 2.24) is 0 Å².